The number of aliphatic imine (C=N–C) groups is 3. The molecule has 4 unspecified atom stereocenters. The van der Waals surface area contributed by atoms with Gasteiger partial charge in [-0.15, -0.1) is 4.98 Å². The summed E-state index contributed by atoms with van der Waals surface area (Å²) < 4.78 is 2.01. The van der Waals surface area contributed by atoms with Gasteiger partial charge in [-0.25, -0.2) is 20.0 Å². The van der Waals surface area contributed by atoms with Gasteiger partial charge in [-0.3, -0.25) is 10.1 Å². The molecule has 4 aromatic heterocycles. The van der Waals surface area contributed by atoms with Crippen LogP contribution in [-0.2, 0) is 0 Å². The van der Waals surface area contributed by atoms with Gasteiger partial charge < -0.3 is 5.32 Å². The Morgan fingerprint density at radius 1 is 1.00 bits per heavy atom. The predicted octanol–water partition coefficient (Wildman–Crippen LogP) is 1.88. The second-order valence-corrected chi connectivity index (χ2v) is 10.3. The van der Waals surface area contributed by atoms with E-state index in [1.807, 2.05) is 28.9 Å². The van der Waals surface area contributed by atoms with Crippen LogP contribution in [-0.4, -0.2) is 60.8 Å². The van der Waals surface area contributed by atoms with Gasteiger partial charge in [0.25, 0.3) is 12.5 Å². The van der Waals surface area contributed by atoms with Crippen LogP contribution in [0.4, 0.5) is 0 Å². The van der Waals surface area contributed by atoms with E-state index in [1.54, 1.807) is 19.0 Å². The molecule has 0 saturated carbocycles. The average molecular weight is 501 g/mol. The van der Waals surface area contributed by atoms with Crippen molar-refractivity contribution in [3.8, 4) is 0 Å². The average Bonchev–Trinajstić information content (AvgIpc) is 3.64. The molecule has 0 aromatic carbocycles. The Labute approximate surface area is 214 Å². The van der Waals surface area contributed by atoms with Gasteiger partial charge in [-0.1, -0.05) is 32.8 Å². The van der Waals surface area contributed by atoms with Crippen molar-refractivity contribution in [3.63, 3.8) is 0 Å². The molecule has 0 spiro atoms. The van der Waals surface area contributed by atoms with Crippen molar-refractivity contribution < 1.29 is 9.47 Å². The van der Waals surface area contributed by atoms with E-state index in [-0.39, 0.29) is 24.0 Å². The Kier molecular flexibility index (Phi) is 5.73. The molecule has 37 heavy (non-hydrogen) atoms. The summed E-state index contributed by atoms with van der Waals surface area (Å²) in [7, 11) is 0. The summed E-state index contributed by atoms with van der Waals surface area (Å²) in [5.41, 5.74) is 7.67. The van der Waals surface area contributed by atoms with Crippen LogP contribution >= 0.6 is 0 Å². The summed E-state index contributed by atoms with van der Waals surface area (Å²) in [6.07, 6.45) is 10.8. The first-order valence-electron chi connectivity index (χ1n) is 12.8. The Hall–Kier alpha value is -4.09. The molecule has 6 heterocycles. The molecule has 0 saturated heterocycles. The Balaban J connectivity index is 1.28. The number of aromatic nitrogens is 8. The lowest BCUT2D eigenvalue weighted by atomic mass is 9.89. The molecule has 190 valence electrons. The van der Waals surface area contributed by atoms with Gasteiger partial charge in [0.1, 0.15) is 40.9 Å². The highest BCUT2D eigenvalue weighted by molar-refractivity contribution is 6.00. The van der Waals surface area contributed by atoms with Crippen molar-refractivity contribution in [1.82, 2.24) is 35.6 Å². The second kappa shape index (κ2) is 9.09. The molecular weight excluding hydrogens is 468 g/mol. The maximum atomic E-state index is 4.69. The minimum absolute atomic E-state index is 0.000198. The topological polar surface area (TPSA) is 140 Å². The van der Waals surface area contributed by atoms with Gasteiger partial charge in [0.15, 0.2) is 16.7 Å². The number of rotatable bonds is 7. The first-order chi connectivity index (χ1) is 17.9. The van der Waals surface area contributed by atoms with E-state index in [0.717, 1.165) is 57.7 Å². The molecule has 4 atom stereocenters. The largest absolute Gasteiger partial charge is 0.353 e. The fourth-order valence-corrected chi connectivity index (χ4v) is 5.34. The van der Waals surface area contributed by atoms with Crippen LogP contribution < -0.4 is 14.8 Å². The highest BCUT2D eigenvalue weighted by Gasteiger charge is 2.33. The van der Waals surface area contributed by atoms with Crippen molar-refractivity contribution in [1.29, 1.82) is 0 Å². The number of fused-ring (bicyclic) bond motifs is 3. The maximum absolute atomic E-state index is 4.69. The molecular formula is C25H32N12+2. The van der Waals surface area contributed by atoms with Crippen molar-refractivity contribution in [3.05, 3.63) is 35.9 Å². The molecule has 6 rings (SSSR count). The summed E-state index contributed by atoms with van der Waals surface area (Å²) in [6.45, 7) is 10.7. The first-order valence-corrected chi connectivity index (χ1v) is 12.8. The molecule has 2 aliphatic heterocycles. The van der Waals surface area contributed by atoms with Crippen LogP contribution in [0.5, 0.6) is 0 Å². The second-order valence-electron chi connectivity index (χ2n) is 10.3. The van der Waals surface area contributed by atoms with E-state index in [4.69, 9.17) is 0 Å². The number of H-pyrrole nitrogens is 2. The Morgan fingerprint density at radius 3 is 2.68 bits per heavy atom. The van der Waals surface area contributed by atoms with Crippen molar-refractivity contribution in [2.24, 2.45) is 20.9 Å². The lowest BCUT2D eigenvalue weighted by Gasteiger charge is -2.24. The van der Waals surface area contributed by atoms with Crippen molar-refractivity contribution in [2.75, 3.05) is 0 Å². The smallest absolute Gasteiger partial charge is 0.289 e. The van der Waals surface area contributed by atoms with Gasteiger partial charge in [-0.2, -0.15) is 5.10 Å². The van der Waals surface area contributed by atoms with Crippen LogP contribution in [0.1, 0.15) is 69.5 Å². The highest BCUT2D eigenvalue weighted by Crippen LogP contribution is 2.28. The quantitative estimate of drug-likeness (QED) is 0.332. The molecule has 0 radical (unpaired) electrons. The van der Waals surface area contributed by atoms with Gasteiger partial charge in [0, 0.05) is 16.5 Å². The number of hydrogen-bond donors (Lipinski definition) is 3. The zero-order valence-electron chi connectivity index (χ0n) is 21.7. The van der Waals surface area contributed by atoms with Gasteiger partial charge >= 0.3 is 0 Å². The number of aromatic amines is 2. The van der Waals surface area contributed by atoms with E-state index >= 15 is 0 Å². The summed E-state index contributed by atoms with van der Waals surface area (Å²) >= 11 is 0. The van der Waals surface area contributed by atoms with Crippen molar-refractivity contribution in [2.45, 2.75) is 71.5 Å². The SMILES string of the molecule is Cc1n[nH]c2c(C(C)C)[n+](-[n+]3cc4ncnc(C(C)CCC(C)C5=NC=NC6NC=NC56)c4[nH]3)cnc12. The third-order valence-corrected chi connectivity index (χ3v) is 7.39. The number of nitrogens with one attached hydrogen (secondary N) is 3. The number of nitrogens with zero attached hydrogens (tertiary/aromatic N) is 9. The fraction of sp³-hybridized carbons (Fsp3) is 0.480. The van der Waals surface area contributed by atoms with E-state index in [2.05, 4.69) is 78.2 Å². The van der Waals surface area contributed by atoms with Gasteiger partial charge in [-0.05, 0) is 25.7 Å². The van der Waals surface area contributed by atoms with Crippen LogP contribution in [0.3, 0.4) is 0 Å². The van der Waals surface area contributed by atoms with Crippen LogP contribution in [0.2, 0.25) is 0 Å². The molecule has 0 fully saturated rings. The zero-order valence-corrected chi connectivity index (χ0v) is 21.7. The molecule has 12 nitrogen and oxygen atoms in total. The minimum atomic E-state index is -0.0177. The number of hydrogen-bond acceptors (Lipinski definition) is 8. The van der Waals surface area contributed by atoms with E-state index < -0.39 is 0 Å². The summed E-state index contributed by atoms with van der Waals surface area (Å²) in [5, 5.41) is 14.2. The maximum Gasteiger partial charge on any atom is 0.289 e. The summed E-state index contributed by atoms with van der Waals surface area (Å²) in [6, 6.07) is 0.000198. The van der Waals surface area contributed by atoms with Crippen LogP contribution in [0, 0.1) is 12.8 Å². The molecule has 0 aliphatic carbocycles. The van der Waals surface area contributed by atoms with E-state index in [1.165, 1.54) is 0 Å². The van der Waals surface area contributed by atoms with Gasteiger partial charge in [0.05, 0.1) is 17.7 Å². The zero-order chi connectivity index (χ0) is 25.7. The first kappa shape index (κ1) is 23.3. The summed E-state index contributed by atoms with van der Waals surface area (Å²) in [4.78, 5) is 29.3. The predicted molar refractivity (Wildman–Crippen MR) is 140 cm³/mol. The number of aryl methyl sites for hydroxylation is 1. The molecule has 2 aliphatic rings. The van der Waals surface area contributed by atoms with Crippen LogP contribution in [0.15, 0.2) is 33.8 Å². The molecule has 3 N–H and O–H groups in total. The van der Waals surface area contributed by atoms with E-state index in [0.29, 0.717) is 5.92 Å². The highest BCUT2D eigenvalue weighted by atomic mass is 15.6. The summed E-state index contributed by atoms with van der Waals surface area (Å²) in [5.74, 6) is 0.760. The van der Waals surface area contributed by atoms with E-state index in [9.17, 15) is 0 Å². The molecule has 0 bridgehead atoms. The normalized spacial score (nSPS) is 20.4. The standard InChI is InChI=1S/C25H32N12/c1-13(2)24-22-20(16(5)33-34-22)32-12-36(24)37-8-17-21(35-37)18(27-9-26-17)14(3)6-7-15(4)19-23-25(30-10-28-19)31-11-29-23/h8-15,23,25,35H,6-7H2,1-5H3,(H,29,31)(H,33,34)/q+2. The Bertz CT molecular complexity index is 1560. The lowest BCUT2D eigenvalue weighted by Crippen LogP contribution is -2.69. The molecule has 0 amide bonds. The third kappa shape index (κ3) is 3.96. The van der Waals surface area contributed by atoms with Crippen LogP contribution in [0.25, 0.3) is 22.1 Å². The fourth-order valence-electron chi connectivity index (χ4n) is 5.34. The Morgan fingerprint density at radius 2 is 1.84 bits per heavy atom. The monoisotopic (exact) mass is 500 g/mol. The molecule has 4 aromatic rings. The van der Waals surface area contributed by atoms with Gasteiger partial charge in [0.2, 0.25) is 5.52 Å². The lowest BCUT2D eigenvalue weighted by molar-refractivity contribution is -1.32. The molecule has 12 heteroatoms. The third-order valence-electron chi connectivity index (χ3n) is 7.39. The van der Waals surface area contributed by atoms with Crippen molar-refractivity contribution >= 4 is 40.5 Å². The minimum Gasteiger partial charge on any atom is -0.353 e.